The third-order valence-electron chi connectivity index (χ3n) is 2.20. The summed E-state index contributed by atoms with van der Waals surface area (Å²) >= 11 is 4.82. The van der Waals surface area contributed by atoms with Gasteiger partial charge in [0, 0.05) is 6.20 Å². The van der Waals surface area contributed by atoms with Gasteiger partial charge in [0.15, 0.2) is 0 Å². The van der Waals surface area contributed by atoms with E-state index in [4.69, 9.17) is 4.42 Å². The van der Waals surface area contributed by atoms with Gasteiger partial charge in [-0.2, -0.15) is 4.39 Å². The molecule has 4 nitrogen and oxygen atoms in total. The Balaban J connectivity index is 2.02. The van der Waals surface area contributed by atoms with Gasteiger partial charge in [-0.3, -0.25) is 0 Å². The third-order valence-corrected chi connectivity index (χ3v) is 3.81. The maximum Gasteiger partial charge on any atom is 0.258 e. The van der Waals surface area contributed by atoms with E-state index in [1.165, 1.54) is 17.5 Å². The van der Waals surface area contributed by atoms with E-state index < -0.39 is 5.95 Å². The Hall–Kier alpha value is -1.60. The number of pyridine rings is 1. The molecule has 0 fully saturated rings. The zero-order valence-electron chi connectivity index (χ0n) is 8.80. The van der Waals surface area contributed by atoms with E-state index in [0.717, 1.165) is 8.66 Å². The van der Waals surface area contributed by atoms with Crippen molar-refractivity contribution in [2.45, 2.75) is 0 Å². The molecule has 0 N–H and O–H groups in total. The number of thiophene rings is 1. The molecule has 0 unspecified atom stereocenters. The first kappa shape index (κ1) is 11.5. The van der Waals surface area contributed by atoms with Gasteiger partial charge < -0.3 is 4.42 Å². The van der Waals surface area contributed by atoms with Gasteiger partial charge in [-0.25, -0.2) is 4.98 Å². The Labute approximate surface area is 114 Å². The molecule has 18 heavy (non-hydrogen) atoms. The summed E-state index contributed by atoms with van der Waals surface area (Å²) in [5.41, 5.74) is 0.201. The lowest BCUT2D eigenvalue weighted by atomic mass is 10.3. The molecule has 3 aromatic rings. The van der Waals surface area contributed by atoms with Crippen LogP contribution in [0.2, 0.25) is 0 Å². The fraction of sp³-hybridized carbons (Fsp3) is 0. The standard InChI is InChI=1S/C11H5BrFN3OS/c12-8-4-3-7(18-8)11-16-15-10(17-11)6-2-1-5-14-9(6)13/h1-5H. The number of halogens is 2. The summed E-state index contributed by atoms with van der Waals surface area (Å²) in [6.07, 6.45) is 1.37. The van der Waals surface area contributed by atoms with E-state index in [9.17, 15) is 4.39 Å². The van der Waals surface area contributed by atoms with E-state index in [1.807, 2.05) is 12.1 Å². The van der Waals surface area contributed by atoms with E-state index >= 15 is 0 Å². The minimum Gasteiger partial charge on any atom is -0.415 e. The SMILES string of the molecule is Fc1ncccc1-c1nnc(-c2ccc(Br)s2)o1. The van der Waals surface area contributed by atoms with Crippen molar-refractivity contribution in [2.75, 3.05) is 0 Å². The molecule has 0 aliphatic carbocycles. The summed E-state index contributed by atoms with van der Waals surface area (Å²) in [5, 5.41) is 7.72. The maximum absolute atomic E-state index is 13.4. The van der Waals surface area contributed by atoms with E-state index in [1.54, 1.807) is 12.1 Å². The molecule has 3 heterocycles. The van der Waals surface area contributed by atoms with E-state index in [2.05, 4.69) is 31.1 Å². The van der Waals surface area contributed by atoms with Crippen molar-refractivity contribution in [3.05, 3.63) is 40.2 Å². The first-order valence-corrected chi connectivity index (χ1v) is 6.55. The average Bonchev–Trinajstić information content (AvgIpc) is 2.98. The van der Waals surface area contributed by atoms with Gasteiger partial charge in [0.2, 0.25) is 5.95 Å². The highest BCUT2D eigenvalue weighted by Gasteiger charge is 2.15. The predicted octanol–water partition coefficient (Wildman–Crippen LogP) is 3.76. The van der Waals surface area contributed by atoms with Crippen LogP contribution in [0.3, 0.4) is 0 Å². The second kappa shape index (κ2) is 4.58. The fourth-order valence-electron chi connectivity index (χ4n) is 1.41. The molecule has 7 heteroatoms. The number of rotatable bonds is 2. The molecule has 90 valence electrons. The van der Waals surface area contributed by atoms with Crippen LogP contribution in [0.5, 0.6) is 0 Å². The minimum atomic E-state index is -0.625. The first-order chi connectivity index (χ1) is 8.74. The quantitative estimate of drug-likeness (QED) is 0.673. The number of aromatic nitrogens is 3. The Bertz CT molecular complexity index is 697. The second-order valence-electron chi connectivity index (χ2n) is 3.36. The Morgan fingerprint density at radius 2 is 2.00 bits per heavy atom. The van der Waals surface area contributed by atoms with E-state index in [0.29, 0.717) is 5.89 Å². The van der Waals surface area contributed by atoms with Crippen LogP contribution in [0.1, 0.15) is 0 Å². The van der Waals surface area contributed by atoms with Crippen molar-refractivity contribution in [3.8, 4) is 22.2 Å². The van der Waals surface area contributed by atoms with Crippen molar-refractivity contribution in [1.82, 2.24) is 15.2 Å². The lowest BCUT2D eigenvalue weighted by Crippen LogP contribution is -1.87. The molecule has 0 spiro atoms. The van der Waals surface area contributed by atoms with Gasteiger partial charge in [-0.05, 0) is 40.2 Å². The zero-order chi connectivity index (χ0) is 12.5. The van der Waals surface area contributed by atoms with Crippen LogP contribution >= 0.6 is 27.3 Å². The van der Waals surface area contributed by atoms with Crippen molar-refractivity contribution in [3.63, 3.8) is 0 Å². The highest BCUT2D eigenvalue weighted by molar-refractivity contribution is 9.11. The van der Waals surface area contributed by atoms with Gasteiger partial charge in [-0.1, -0.05) is 0 Å². The van der Waals surface area contributed by atoms with Crippen molar-refractivity contribution in [1.29, 1.82) is 0 Å². The van der Waals surface area contributed by atoms with Gasteiger partial charge in [0.1, 0.15) is 0 Å². The highest BCUT2D eigenvalue weighted by atomic mass is 79.9. The largest absolute Gasteiger partial charge is 0.415 e. The fourth-order valence-corrected chi connectivity index (χ4v) is 2.71. The van der Waals surface area contributed by atoms with Crippen molar-refractivity contribution in [2.24, 2.45) is 0 Å². The topological polar surface area (TPSA) is 51.8 Å². The summed E-state index contributed by atoms with van der Waals surface area (Å²) in [7, 11) is 0. The summed E-state index contributed by atoms with van der Waals surface area (Å²) in [6.45, 7) is 0. The van der Waals surface area contributed by atoms with Gasteiger partial charge >= 0.3 is 0 Å². The van der Waals surface area contributed by atoms with Crippen molar-refractivity contribution >= 4 is 27.3 Å². The van der Waals surface area contributed by atoms with Crippen LogP contribution in [-0.4, -0.2) is 15.2 Å². The lowest BCUT2D eigenvalue weighted by molar-refractivity contribution is 0.556. The van der Waals surface area contributed by atoms with Crippen LogP contribution in [0.25, 0.3) is 22.2 Å². The molecule has 0 radical (unpaired) electrons. The summed E-state index contributed by atoms with van der Waals surface area (Å²) in [6, 6.07) is 6.90. The molecule has 0 aliphatic heterocycles. The molecule has 0 aromatic carbocycles. The molecule has 0 aliphatic rings. The Kier molecular flexibility index (Phi) is 2.92. The molecule has 0 saturated heterocycles. The molecule has 0 amide bonds. The molecule has 0 saturated carbocycles. The van der Waals surface area contributed by atoms with Gasteiger partial charge in [-0.15, -0.1) is 21.5 Å². The first-order valence-electron chi connectivity index (χ1n) is 4.94. The number of hydrogen-bond donors (Lipinski definition) is 0. The van der Waals surface area contributed by atoms with Gasteiger partial charge in [0.05, 0.1) is 14.2 Å². The summed E-state index contributed by atoms with van der Waals surface area (Å²) in [5.74, 6) is -0.135. The Morgan fingerprint density at radius 3 is 2.72 bits per heavy atom. The van der Waals surface area contributed by atoms with Crippen LogP contribution in [0, 0.1) is 5.95 Å². The molecule has 0 atom stereocenters. The summed E-state index contributed by atoms with van der Waals surface area (Å²) < 4.78 is 19.8. The lowest BCUT2D eigenvalue weighted by Gasteiger charge is -1.94. The molecule has 3 rings (SSSR count). The monoisotopic (exact) mass is 325 g/mol. The Morgan fingerprint density at radius 1 is 1.17 bits per heavy atom. The molecular formula is C11H5BrFN3OS. The maximum atomic E-state index is 13.4. The van der Waals surface area contributed by atoms with Crippen molar-refractivity contribution < 1.29 is 8.81 Å². The number of hydrogen-bond acceptors (Lipinski definition) is 5. The third kappa shape index (κ3) is 2.06. The van der Waals surface area contributed by atoms with Crippen LogP contribution < -0.4 is 0 Å². The second-order valence-corrected chi connectivity index (χ2v) is 5.82. The number of nitrogens with zero attached hydrogens (tertiary/aromatic N) is 3. The van der Waals surface area contributed by atoms with Gasteiger partial charge in [0.25, 0.3) is 11.8 Å². The van der Waals surface area contributed by atoms with Crippen LogP contribution in [0.4, 0.5) is 4.39 Å². The highest BCUT2D eigenvalue weighted by Crippen LogP contribution is 2.32. The molecule has 0 bridgehead atoms. The molecule has 3 aromatic heterocycles. The molecular weight excluding hydrogens is 321 g/mol. The minimum absolute atomic E-state index is 0.125. The van der Waals surface area contributed by atoms with Crippen LogP contribution in [0.15, 0.2) is 38.7 Å². The normalized spacial score (nSPS) is 10.8. The average molecular weight is 326 g/mol. The van der Waals surface area contributed by atoms with Crippen LogP contribution in [-0.2, 0) is 0 Å². The van der Waals surface area contributed by atoms with E-state index in [-0.39, 0.29) is 11.5 Å². The smallest absolute Gasteiger partial charge is 0.258 e. The predicted molar refractivity (Wildman–Crippen MR) is 68.5 cm³/mol. The zero-order valence-corrected chi connectivity index (χ0v) is 11.2. The summed E-state index contributed by atoms with van der Waals surface area (Å²) in [4.78, 5) is 4.37.